The van der Waals surface area contributed by atoms with Crippen LogP contribution in [0.5, 0.6) is 0 Å². The summed E-state index contributed by atoms with van der Waals surface area (Å²) in [6, 6.07) is 3.74. The largest absolute Gasteiger partial charge is 0.355 e. The van der Waals surface area contributed by atoms with Crippen LogP contribution in [0.15, 0.2) is 18.3 Å². The van der Waals surface area contributed by atoms with E-state index >= 15 is 0 Å². The summed E-state index contributed by atoms with van der Waals surface area (Å²) < 4.78 is 0. The lowest BCUT2D eigenvalue weighted by Crippen LogP contribution is -1.67. The molecule has 1 heterocycles. The van der Waals surface area contributed by atoms with Crippen molar-refractivity contribution in [3.05, 3.63) is 24.0 Å². The molecule has 0 aliphatic carbocycles. The van der Waals surface area contributed by atoms with Crippen molar-refractivity contribution >= 4 is 0 Å². The van der Waals surface area contributed by atoms with Gasteiger partial charge >= 0.3 is 0 Å². The molecule has 0 aromatic carbocycles. The average Bonchev–Trinajstić information content (AvgIpc) is 2.34. The third-order valence-electron chi connectivity index (χ3n) is 0.867. The summed E-state index contributed by atoms with van der Waals surface area (Å²) in [6.45, 7) is 0. The molecular weight excluding hydrogens is 110 g/mol. The van der Waals surface area contributed by atoms with Gasteiger partial charge in [-0.05, 0) is 29.9 Å². The second-order valence-electron chi connectivity index (χ2n) is 1.48. The van der Waals surface area contributed by atoms with Crippen LogP contribution in [-0.2, 0) is 0 Å². The van der Waals surface area contributed by atoms with Gasteiger partial charge in [-0.15, -0.1) is 6.42 Å². The molecule has 0 aliphatic rings. The summed E-state index contributed by atoms with van der Waals surface area (Å²) in [5.41, 5.74) is 0.855. The third-order valence-corrected chi connectivity index (χ3v) is 0.867. The first kappa shape index (κ1) is 5.54. The van der Waals surface area contributed by atoms with Gasteiger partial charge in [-0.25, -0.2) is 0 Å². The first-order valence-corrected chi connectivity index (χ1v) is 2.53. The van der Waals surface area contributed by atoms with Crippen molar-refractivity contribution in [1.29, 1.82) is 0 Å². The zero-order valence-corrected chi connectivity index (χ0v) is 4.81. The molecule has 1 aromatic heterocycles. The quantitative estimate of drug-likeness (QED) is 0.485. The van der Waals surface area contributed by atoms with Crippen LogP contribution >= 0.6 is 0 Å². The van der Waals surface area contributed by atoms with Gasteiger partial charge in [0.15, 0.2) is 0 Å². The van der Waals surface area contributed by atoms with E-state index in [0.717, 1.165) is 5.69 Å². The number of rotatable bonds is 0. The fourth-order valence-corrected chi connectivity index (χ4v) is 0.512. The Hall–Kier alpha value is -1.60. The van der Waals surface area contributed by atoms with Crippen LogP contribution in [0.1, 0.15) is 5.69 Å². The van der Waals surface area contributed by atoms with Crippen LogP contribution in [0.25, 0.3) is 0 Å². The van der Waals surface area contributed by atoms with Gasteiger partial charge in [0.2, 0.25) is 0 Å². The fraction of sp³-hybridized carbons (Fsp3) is 0. The molecule has 0 bridgehead atoms. The number of aromatic amines is 1. The van der Waals surface area contributed by atoms with Crippen LogP contribution in [0.4, 0.5) is 0 Å². The van der Waals surface area contributed by atoms with E-state index < -0.39 is 0 Å². The summed E-state index contributed by atoms with van der Waals surface area (Å²) in [7, 11) is 0. The van der Waals surface area contributed by atoms with Gasteiger partial charge in [-0.1, -0.05) is 0 Å². The molecule has 0 unspecified atom stereocenters. The molecule has 0 saturated heterocycles. The molecule has 1 rings (SSSR count). The highest BCUT2D eigenvalue weighted by Crippen LogP contribution is 1.88. The molecule has 0 spiro atoms. The Morgan fingerprint density at radius 2 is 2.44 bits per heavy atom. The summed E-state index contributed by atoms with van der Waals surface area (Å²) in [6.07, 6.45) is 6.71. The summed E-state index contributed by atoms with van der Waals surface area (Å²) in [5.74, 6) is 7.45. The van der Waals surface area contributed by atoms with Crippen molar-refractivity contribution in [2.75, 3.05) is 0 Å². The van der Waals surface area contributed by atoms with Gasteiger partial charge in [-0.3, -0.25) is 0 Å². The minimum absolute atomic E-state index is 0.855. The van der Waals surface area contributed by atoms with Crippen molar-refractivity contribution in [3.8, 4) is 24.2 Å². The molecule has 1 heteroatoms. The highest BCUT2D eigenvalue weighted by atomic mass is 14.7. The second kappa shape index (κ2) is 2.64. The SMILES string of the molecule is C#CC#Cc1ccc[nH]1. The minimum Gasteiger partial charge on any atom is -0.355 e. The number of H-pyrrole nitrogens is 1. The first-order chi connectivity index (χ1) is 4.43. The van der Waals surface area contributed by atoms with E-state index in [1.54, 1.807) is 6.20 Å². The van der Waals surface area contributed by atoms with Gasteiger partial charge in [0.05, 0.1) is 5.69 Å². The summed E-state index contributed by atoms with van der Waals surface area (Å²) in [5, 5.41) is 0. The van der Waals surface area contributed by atoms with E-state index in [0.29, 0.717) is 0 Å². The van der Waals surface area contributed by atoms with Crippen molar-refractivity contribution in [2.24, 2.45) is 0 Å². The standard InChI is InChI=1S/C8H5N/c1-2-3-5-8-6-4-7-9-8/h1,4,6-7,9H. The van der Waals surface area contributed by atoms with Crippen LogP contribution in [0.2, 0.25) is 0 Å². The maximum absolute atomic E-state index is 4.91. The van der Waals surface area contributed by atoms with E-state index in [9.17, 15) is 0 Å². The molecule has 0 amide bonds. The van der Waals surface area contributed by atoms with E-state index in [-0.39, 0.29) is 0 Å². The third kappa shape index (κ3) is 1.40. The van der Waals surface area contributed by atoms with E-state index in [2.05, 4.69) is 22.7 Å². The van der Waals surface area contributed by atoms with Crippen LogP contribution in [0, 0.1) is 24.2 Å². The first-order valence-electron chi connectivity index (χ1n) is 2.53. The zero-order chi connectivity index (χ0) is 6.53. The minimum atomic E-state index is 0.855. The molecule has 0 atom stereocenters. The smallest absolute Gasteiger partial charge is 0.0903 e. The number of terminal acetylenes is 1. The van der Waals surface area contributed by atoms with Gasteiger partial charge in [0.1, 0.15) is 0 Å². The maximum Gasteiger partial charge on any atom is 0.0903 e. The lowest BCUT2D eigenvalue weighted by Gasteiger charge is -1.72. The van der Waals surface area contributed by atoms with Gasteiger partial charge in [0, 0.05) is 6.20 Å². The Morgan fingerprint density at radius 1 is 1.56 bits per heavy atom. The lowest BCUT2D eigenvalue weighted by molar-refractivity contribution is 1.37. The zero-order valence-electron chi connectivity index (χ0n) is 4.81. The van der Waals surface area contributed by atoms with Gasteiger partial charge in [-0.2, -0.15) is 0 Å². The van der Waals surface area contributed by atoms with Crippen LogP contribution in [0.3, 0.4) is 0 Å². The van der Waals surface area contributed by atoms with Gasteiger partial charge in [0.25, 0.3) is 0 Å². The molecule has 0 saturated carbocycles. The van der Waals surface area contributed by atoms with Crippen molar-refractivity contribution in [1.82, 2.24) is 4.98 Å². The number of hydrogen-bond donors (Lipinski definition) is 1. The van der Waals surface area contributed by atoms with Crippen LogP contribution < -0.4 is 0 Å². The van der Waals surface area contributed by atoms with Crippen molar-refractivity contribution in [3.63, 3.8) is 0 Å². The Balaban J connectivity index is 2.82. The van der Waals surface area contributed by atoms with Crippen molar-refractivity contribution in [2.45, 2.75) is 0 Å². The molecule has 9 heavy (non-hydrogen) atoms. The highest BCUT2D eigenvalue weighted by molar-refractivity contribution is 5.34. The molecule has 1 aromatic rings. The van der Waals surface area contributed by atoms with E-state index in [4.69, 9.17) is 6.42 Å². The second-order valence-corrected chi connectivity index (χ2v) is 1.48. The van der Waals surface area contributed by atoms with Crippen molar-refractivity contribution < 1.29 is 0 Å². The molecule has 0 fully saturated rings. The molecule has 1 N–H and O–H groups in total. The molecule has 1 nitrogen and oxygen atoms in total. The summed E-state index contributed by atoms with van der Waals surface area (Å²) in [4.78, 5) is 2.90. The molecular formula is C8H5N. The van der Waals surface area contributed by atoms with E-state index in [1.807, 2.05) is 12.1 Å². The Labute approximate surface area is 54.1 Å². The number of aromatic nitrogens is 1. The number of hydrogen-bond acceptors (Lipinski definition) is 0. The molecule has 42 valence electrons. The average molecular weight is 115 g/mol. The van der Waals surface area contributed by atoms with Crippen LogP contribution in [-0.4, -0.2) is 4.98 Å². The topological polar surface area (TPSA) is 15.8 Å². The fourth-order valence-electron chi connectivity index (χ4n) is 0.512. The highest BCUT2D eigenvalue weighted by Gasteiger charge is 1.79. The normalized spacial score (nSPS) is 7.00. The predicted octanol–water partition coefficient (Wildman–Crippen LogP) is 0.999. The Kier molecular flexibility index (Phi) is 1.63. The molecule has 0 radical (unpaired) electrons. The van der Waals surface area contributed by atoms with E-state index in [1.165, 1.54) is 0 Å². The summed E-state index contributed by atoms with van der Waals surface area (Å²) >= 11 is 0. The van der Waals surface area contributed by atoms with Gasteiger partial charge < -0.3 is 4.98 Å². The monoisotopic (exact) mass is 115 g/mol. The molecule has 0 aliphatic heterocycles. The Morgan fingerprint density at radius 3 is 3.00 bits per heavy atom. The number of nitrogens with one attached hydrogen (secondary N) is 1. The Bertz CT molecular complexity index is 264. The lowest BCUT2D eigenvalue weighted by atomic mass is 10.4. The maximum atomic E-state index is 4.91. The predicted molar refractivity (Wildman–Crippen MR) is 36.5 cm³/mol.